The van der Waals surface area contributed by atoms with Crippen molar-refractivity contribution in [3.05, 3.63) is 29.3 Å². The van der Waals surface area contributed by atoms with Crippen LogP contribution in [0.4, 0.5) is 8.78 Å². The van der Waals surface area contributed by atoms with Crippen LogP contribution < -0.4 is 4.74 Å². The van der Waals surface area contributed by atoms with E-state index in [9.17, 15) is 8.78 Å². The summed E-state index contributed by atoms with van der Waals surface area (Å²) >= 11 is 0. The summed E-state index contributed by atoms with van der Waals surface area (Å²) in [6.45, 7) is 4.87. The topological polar surface area (TPSA) is 9.23 Å². The fourth-order valence-electron chi connectivity index (χ4n) is 4.21. The smallest absolute Gasteiger partial charge is 0.200 e. The van der Waals surface area contributed by atoms with E-state index in [1.165, 1.54) is 38.5 Å². The van der Waals surface area contributed by atoms with Gasteiger partial charge in [0.05, 0.1) is 6.61 Å². The van der Waals surface area contributed by atoms with Crippen LogP contribution in [0.15, 0.2) is 12.1 Å². The Hall–Kier alpha value is -1.12. The quantitative estimate of drug-likeness (QED) is 0.363. The highest BCUT2D eigenvalue weighted by Gasteiger charge is 2.26. The predicted molar refractivity (Wildman–Crippen MR) is 105 cm³/mol. The van der Waals surface area contributed by atoms with Crippen molar-refractivity contribution in [2.45, 2.75) is 96.8 Å². The van der Waals surface area contributed by atoms with Gasteiger partial charge in [-0.2, -0.15) is 4.39 Å². The number of hydrogen-bond donors (Lipinski definition) is 0. The van der Waals surface area contributed by atoms with Crippen molar-refractivity contribution in [2.75, 3.05) is 6.61 Å². The van der Waals surface area contributed by atoms with Crippen LogP contribution in [0.25, 0.3) is 0 Å². The zero-order valence-corrected chi connectivity index (χ0v) is 16.7. The number of hydrogen-bond acceptors (Lipinski definition) is 1. The molecule has 0 aliphatic heterocycles. The molecule has 0 amide bonds. The second kappa shape index (κ2) is 11.6. The Morgan fingerprint density at radius 2 is 1.54 bits per heavy atom. The molecule has 0 N–H and O–H groups in total. The van der Waals surface area contributed by atoms with E-state index in [2.05, 4.69) is 13.8 Å². The largest absolute Gasteiger partial charge is 0.490 e. The molecule has 0 unspecified atom stereocenters. The number of unbranched alkanes of at least 4 members (excludes halogenated alkanes) is 5. The molecule has 26 heavy (non-hydrogen) atoms. The van der Waals surface area contributed by atoms with Crippen LogP contribution in [-0.2, 0) is 0 Å². The molecule has 1 saturated carbocycles. The molecule has 2 rings (SSSR count). The first-order valence-electron chi connectivity index (χ1n) is 10.8. The lowest BCUT2D eigenvalue weighted by atomic mass is 9.77. The lowest BCUT2D eigenvalue weighted by Gasteiger charge is -2.29. The van der Waals surface area contributed by atoms with Gasteiger partial charge >= 0.3 is 0 Å². The minimum Gasteiger partial charge on any atom is -0.490 e. The van der Waals surface area contributed by atoms with E-state index in [0.29, 0.717) is 12.2 Å². The molecule has 0 aromatic heterocycles. The number of halogens is 2. The zero-order valence-electron chi connectivity index (χ0n) is 16.7. The van der Waals surface area contributed by atoms with Gasteiger partial charge in [-0.3, -0.25) is 0 Å². The van der Waals surface area contributed by atoms with Gasteiger partial charge in [0.15, 0.2) is 11.6 Å². The first kappa shape index (κ1) is 21.2. The van der Waals surface area contributed by atoms with Gasteiger partial charge in [-0.15, -0.1) is 0 Å². The average Bonchev–Trinajstić information content (AvgIpc) is 2.65. The standard InChI is InChI=1S/C23H36F2O/c1-3-5-6-7-8-9-17-26-21-16-15-20(22(24)23(21)25)19-13-11-18(10-4-2)12-14-19/h15-16,18-19H,3-14,17H2,1-2H3. The van der Waals surface area contributed by atoms with Crippen LogP contribution >= 0.6 is 0 Å². The third kappa shape index (κ3) is 6.25. The summed E-state index contributed by atoms with van der Waals surface area (Å²) in [5.74, 6) is -0.498. The van der Waals surface area contributed by atoms with Crippen molar-refractivity contribution < 1.29 is 13.5 Å². The van der Waals surface area contributed by atoms with Gasteiger partial charge in [-0.05, 0) is 55.6 Å². The molecule has 0 saturated heterocycles. The van der Waals surface area contributed by atoms with Crippen molar-refractivity contribution in [1.29, 1.82) is 0 Å². The fourth-order valence-corrected chi connectivity index (χ4v) is 4.21. The number of rotatable bonds is 11. The zero-order chi connectivity index (χ0) is 18.8. The van der Waals surface area contributed by atoms with Crippen LogP contribution in [0.2, 0.25) is 0 Å². The summed E-state index contributed by atoms with van der Waals surface area (Å²) in [6, 6.07) is 3.38. The Labute approximate surface area is 158 Å². The maximum atomic E-state index is 14.6. The van der Waals surface area contributed by atoms with Gasteiger partial charge in [0.1, 0.15) is 0 Å². The van der Waals surface area contributed by atoms with Gasteiger partial charge in [-0.25, -0.2) is 4.39 Å². The van der Waals surface area contributed by atoms with Crippen LogP contribution in [0.5, 0.6) is 5.75 Å². The third-order valence-electron chi connectivity index (χ3n) is 5.82. The van der Waals surface area contributed by atoms with Crippen molar-refractivity contribution in [3.63, 3.8) is 0 Å². The monoisotopic (exact) mass is 366 g/mol. The van der Waals surface area contributed by atoms with Gasteiger partial charge in [-0.1, -0.05) is 64.9 Å². The molecule has 1 aliphatic rings. The maximum absolute atomic E-state index is 14.6. The Morgan fingerprint density at radius 1 is 0.846 bits per heavy atom. The summed E-state index contributed by atoms with van der Waals surface area (Å²) in [7, 11) is 0. The molecular formula is C23H36F2O. The molecule has 1 nitrogen and oxygen atoms in total. The van der Waals surface area contributed by atoms with E-state index in [-0.39, 0.29) is 11.7 Å². The molecule has 0 radical (unpaired) electrons. The molecule has 1 fully saturated rings. The molecule has 0 bridgehead atoms. The molecule has 3 heteroatoms. The summed E-state index contributed by atoms with van der Waals surface area (Å²) in [5.41, 5.74) is 0.546. The van der Waals surface area contributed by atoms with E-state index in [0.717, 1.165) is 44.4 Å². The van der Waals surface area contributed by atoms with E-state index in [4.69, 9.17) is 4.74 Å². The molecule has 0 heterocycles. The summed E-state index contributed by atoms with van der Waals surface area (Å²) in [6.07, 6.45) is 13.6. The van der Waals surface area contributed by atoms with Crippen LogP contribution in [0.1, 0.15) is 102 Å². The molecule has 148 valence electrons. The first-order chi connectivity index (χ1) is 12.7. The van der Waals surface area contributed by atoms with Gasteiger partial charge in [0.2, 0.25) is 5.82 Å². The Bertz CT molecular complexity index is 521. The molecule has 1 aromatic carbocycles. The number of benzene rings is 1. The molecular weight excluding hydrogens is 330 g/mol. The van der Waals surface area contributed by atoms with E-state index in [1.807, 2.05) is 0 Å². The van der Waals surface area contributed by atoms with Gasteiger partial charge in [0, 0.05) is 0 Å². The predicted octanol–water partition coefficient (Wildman–Crippen LogP) is 7.78. The maximum Gasteiger partial charge on any atom is 0.200 e. The van der Waals surface area contributed by atoms with Crippen LogP contribution in [-0.4, -0.2) is 6.61 Å². The highest BCUT2D eigenvalue weighted by molar-refractivity contribution is 5.33. The molecule has 1 aromatic rings. The van der Waals surface area contributed by atoms with Crippen LogP contribution in [0, 0.1) is 17.6 Å². The van der Waals surface area contributed by atoms with E-state index >= 15 is 0 Å². The Kier molecular flexibility index (Phi) is 9.42. The lowest BCUT2D eigenvalue weighted by Crippen LogP contribution is -2.15. The second-order valence-electron chi connectivity index (χ2n) is 7.90. The molecule has 0 spiro atoms. The van der Waals surface area contributed by atoms with E-state index in [1.54, 1.807) is 12.1 Å². The molecule has 0 atom stereocenters. The van der Waals surface area contributed by atoms with E-state index < -0.39 is 11.6 Å². The highest BCUT2D eigenvalue weighted by Crippen LogP contribution is 2.39. The summed E-state index contributed by atoms with van der Waals surface area (Å²) < 4.78 is 34.4. The minimum atomic E-state index is -0.802. The molecule has 1 aliphatic carbocycles. The van der Waals surface area contributed by atoms with Gasteiger partial charge < -0.3 is 4.74 Å². The van der Waals surface area contributed by atoms with Crippen molar-refractivity contribution >= 4 is 0 Å². The second-order valence-corrected chi connectivity index (χ2v) is 7.90. The Balaban J connectivity index is 1.82. The average molecular weight is 367 g/mol. The van der Waals surface area contributed by atoms with Crippen molar-refractivity contribution in [2.24, 2.45) is 5.92 Å². The lowest BCUT2D eigenvalue weighted by molar-refractivity contribution is 0.280. The van der Waals surface area contributed by atoms with Crippen LogP contribution in [0.3, 0.4) is 0 Å². The summed E-state index contributed by atoms with van der Waals surface area (Å²) in [4.78, 5) is 0. The first-order valence-corrected chi connectivity index (χ1v) is 10.8. The minimum absolute atomic E-state index is 0.0690. The fraction of sp³-hybridized carbons (Fsp3) is 0.739. The van der Waals surface area contributed by atoms with Gasteiger partial charge in [0.25, 0.3) is 0 Å². The Morgan fingerprint density at radius 3 is 2.23 bits per heavy atom. The number of ether oxygens (including phenoxy) is 1. The third-order valence-corrected chi connectivity index (χ3v) is 5.82. The van der Waals surface area contributed by atoms with Crippen molar-refractivity contribution in [1.82, 2.24) is 0 Å². The normalized spacial score (nSPS) is 20.3. The van der Waals surface area contributed by atoms with Crippen molar-refractivity contribution in [3.8, 4) is 5.75 Å². The highest BCUT2D eigenvalue weighted by atomic mass is 19.2. The SMILES string of the molecule is CCCCCCCCOc1ccc(C2CCC(CCC)CC2)c(F)c1F. The summed E-state index contributed by atoms with van der Waals surface area (Å²) in [5, 5.41) is 0.